The molecule has 0 aliphatic carbocycles. The first-order valence-corrected chi connectivity index (χ1v) is 7.84. The first-order chi connectivity index (χ1) is 11.0. The minimum Gasteiger partial charge on any atom is -0.491 e. The van der Waals surface area contributed by atoms with Crippen LogP contribution >= 0.6 is 11.6 Å². The van der Waals surface area contributed by atoms with Gasteiger partial charge in [0.25, 0.3) is 0 Å². The monoisotopic (exact) mass is 332 g/mol. The molecule has 5 heteroatoms. The lowest BCUT2D eigenvalue weighted by Gasteiger charge is -2.12. The van der Waals surface area contributed by atoms with Crippen LogP contribution in [0.15, 0.2) is 36.4 Å². The van der Waals surface area contributed by atoms with Gasteiger partial charge in [0.2, 0.25) is 0 Å². The van der Waals surface area contributed by atoms with Crippen LogP contribution < -0.4 is 15.4 Å². The zero-order valence-corrected chi connectivity index (χ0v) is 14.3. The van der Waals surface area contributed by atoms with Crippen molar-refractivity contribution in [3.63, 3.8) is 0 Å². The van der Waals surface area contributed by atoms with E-state index in [0.717, 1.165) is 22.4 Å². The normalized spacial score (nSPS) is 10.3. The van der Waals surface area contributed by atoms with Crippen molar-refractivity contribution >= 4 is 23.3 Å². The molecule has 2 aromatic rings. The fourth-order valence-corrected chi connectivity index (χ4v) is 2.26. The molecule has 0 radical (unpaired) electrons. The van der Waals surface area contributed by atoms with Crippen molar-refractivity contribution in [2.75, 3.05) is 18.5 Å². The summed E-state index contributed by atoms with van der Waals surface area (Å²) < 4.78 is 5.70. The number of rotatable bonds is 5. The fourth-order valence-electron chi connectivity index (χ4n) is 2.08. The summed E-state index contributed by atoms with van der Waals surface area (Å²) in [6, 6.07) is 11.2. The third-order valence-corrected chi connectivity index (χ3v) is 3.67. The largest absolute Gasteiger partial charge is 0.491 e. The molecule has 0 bridgehead atoms. The van der Waals surface area contributed by atoms with Crippen LogP contribution in [0.25, 0.3) is 0 Å². The Morgan fingerprint density at radius 2 is 1.83 bits per heavy atom. The molecule has 0 spiro atoms. The molecule has 2 rings (SSSR count). The van der Waals surface area contributed by atoms with Crippen molar-refractivity contribution in [3.05, 3.63) is 58.1 Å². The predicted octanol–water partition coefficient (Wildman–Crippen LogP) is 4.47. The standard InChI is InChI=1S/C18H21ClN2O2/c1-12-4-5-14(3)17(10-12)23-9-8-20-18(22)21-16-11-15(19)7-6-13(16)2/h4-7,10-11H,8-9H2,1-3H3,(H2,20,21,22). The van der Waals surface area contributed by atoms with E-state index in [0.29, 0.717) is 23.9 Å². The Kier molecular flexibility index (Phi) is 5.88. The molecule has 2 amide bonds. The van der Waals surface area contributed by atoms with E-state index in [-0.39, 0.29) is 6.03 Å². The highest BCUT2D eigenvalue weighted by Crippen LogP contribution is 2.20. The number of carbonyl (C=O) groups is 1. The molecular weight excluding hydrogens is 312 g/mol. The van der Waals surface area contributed by atoms with Crippen molar-refractivity contribution in [2.45, 2.75) is 20.8 Å². The third-order valence-electron chi connectivity index (χ3n) is 3.44. The molecule has 0 aliphatic rings. The second-order valence-corrected chi connectivity index (χ2v) is 5.89. The highest BCUT2D eigenvalue weighted by atomic mass is 35.5. The Hall–Kier alpha value is -2.20. The summed E-state index contributed by atoms with van der Waals surface area (Å²) in [6.45, 7) is 6.75. The van der Waals surface area contributed by atoms with Gasteiger partial charge in [-0.05, 0) is 55.7 Å². The molecule has 2 N–H and O–H groups in total. The number of hydrogen-bond acceptors (Lipinski definition) is 2. The van der Waals surface area contributed by atoms with E-state index in [4.69, 9.17) is 16.3 Å². The number of carbonyl (C=O) groups excluding carboxylic acids is 1. The van der Waals surface area contributed by atoms with Gasteiger partial charge >= 0.3 is 6.03 Å². The number of anilines is 1. The maximum Gasteiger partial charge on any atom is 0.319 e. The number of benzene rings is 2. The number of nitrogens with one attached hydrogen (secondary N) is 2. The number of amides is 2. The highest BCUT2D eigenvalue weighted by Gasteiger charge is 2.05. The first-order valence-electron chi connectivity index (χ1n) is 7.47. The minimum absolute atomic E-state index is 0.278. The van der Waals surface area contributed by atoms with E-state index in [1.54, 1.807) is 12.1 Å². The smallest absolute Gasteiger partial charge is 0.319 e. The second kappa shape index (κ2) is 7.88. The quantitative estimate of drug-likeness (QED) is 0.794. The Labute approximate surface area is 141 Å². The summed E-state index contributed by atoms with van der Waals surface area (Å²) in [5.74, 6) is 0.845. The molecule has 0 aliphatic heterocycles. The van der Waals surface area contributed by atoms with E-state index >= 15 is 0 Å². The van der Waals surface area contributed by atoms with E-state index in [1.165, 1.54) is 0 Å². The first kappa shape index (κ1) is 17.2. The lowest BCUT2D eigenvalue weighted by Crippen LogP contribution is -2.32. The molecule has 122 valence electrons. The summed E-state index contributed by atoms with van der Waals surface area (Å²) >= 11 is 5.93. The van der Waals surface area contributed by atoms with Crippen LogP contribution in [-0.4, -0.2) is 19.2 Å². The zero-order valence-electron chi connectivity index (χ0n) is 13.6. The van der Waals surface area contributed by atoms with Gasteiger partial charge in [0.05, 0.1) is 6.54 Å². The van der Waals surface area contributed by atoms with Crippen LogP contribution in [0, 0.1) is 20.8 Å². The van der Waals surface area contributed by atoms with E-state index in [9.17, 15) is 4.79 Å². The van der Waals surface area contributed by atoms with Crippen LogP contribution in [0.2, 0.25) is 5.02 Å². The summed E-state index contributed by atoms with van der Waals surface area (Å²) in [4.78, 5) is 11.9. The summed E-state index contributed by atoms with van der Waals surface area (Å²) in [6.07, 6.45) is 0. The SMILES string of the molecule is Cc1ccc(C)c(OCCNC(=O)Nc2cc(Cl)ccc2C)c1. The molecule has 0 unspecified atom stereocenters. The summed E-state index contributed by atoms with van der Waals surface area (Å²) in [7, 11) is 0. The van der Waals surface area contributed by atoms with Gasteiger partial charge in [-0.2, -0.15) is 0 Å². The topological polar surface area (TPSA) is 50.4 Å². The Balaban J connectivity index is 1.79. The van der Waals surface area contributed by atoms with Gasteiger partial charge in [-0.15, -0.1) is 0 Å². The lowest BCUT2D eigenvalue weighted by molar-refractivity contribution is 0.247. The number of hydrogen-bond donors (Lipinski definition) is 2. The van der Waals surface area contributed by atoms with Gasteiger partial charge in [-0.3, -0.25) is 0 Å². The molecule has 0 aromatic heterocycles. The van der Waals surface area contributed by atoms with Crippen molar-refractivity contribution in [1.82, 2.24) is 5.32 Å². The van der Waals surface area contributed by atoms with E-state index < -0.39 is 0 Å². The van der Waals surface area contributed by atoms with Crippen molar-refractivity contribution < 1.29 is 9.53 Å². The van der Waals surface area contributed by atoms with Gasteiger partial charge < -0.3 is 15.4 Å². The molecule has 2 aromatic carbocycles. The third kappa shape index (κ3) is 5.18. The Morgan fingerprint density at radius 3 is 2.61 bits per heavy atom. The van der Waals surface area contributed by atoms with Gasteiger partial charge in [0.15, 0.2) is 0 Å². The van der Waals surface area contributed by atoms with E-state index in [1.807, 2.05) is 45.0 Å². The molecule has 0 heterocycles. The number of aryl methyl sites for hydroxylation is 3. The van der Waals surface area contributed by atoms with Crippen molar-refractivity contribution in [3.8, 4) is 5.75 Å². The molecule has 0 saturated carbocycles. The molecule has 4 nitrogen and oxygen atoms in total. The fraction of sp³-hybridized carbons (Fsp3) is 0.278. The Bertz CT molecular complexity index is 701. The average molecular weight is 333 g/mol. The lowest BCUT2D eigenvalue weighted by atomic mass is 10.1. The van der Waals surface area contributed by atoms with Crippen molar-refractivity contribution in [1.29, 1.82) is 0 Å². The summed E-state index contributed by atoms with van der Waals surface area (Å²) in [5, 5.41) is 6.13. The minimum atomic E-state index is -0.278. The van der Waals surface area contributed by atoms with Crippen LogP contribution in [0.4, 0.5) is 10.5 Å². The molecule has 0 fully saturated rings. The van der Waals surface area contributed by atoms with Crippen LogP contribution in [0.5, 0.6) is 5.75 Å². The maximum absolute atomic E-state index is 11.9. The van der Waals surface area contributed by atoms with Crippen molar-refractivity contribution in [2.24, 2.45) is 0 Å². The van der Waals surface area contributed by atoms with E-state index in [2.05, 4.69) is 10.6 Å². The summed E-state index contributed by atoms with van der Waals surface area (Å²) in [5.41, 5.74) is 3.88. The number of urea groups is 1. The molecular formula is C18H21ClN2O2. The van der Waals surface area contributed by atoms with Gasteiger partial charge in [-0.1, -0.05) is 29.8 Å². The molecule has 0 atom stereocenters. The number of ether oxygens (including phenoxy) is 1. The van der Waals surface area contributed by atoms with Gasteiger partial charge in [0.1, 0.15) is 12.4 Å². The van der Waals surface area contributed by atoms with Crippen LogP contribution in [0.3, 0.4) is 0 Å². The van der Waals surface area contributed by atoms with Gasteiger partial charge in [-0.25, -0.2) is 4.79 Å². The Morgan fingerprint density at radius 1 is 1.09 bits per heavy atom. The van der Waals surface area contributed by atoms with Gasteiger partial charge in [0, 0.05) is 10.7 Å². The highest BCUT2D eigenvalue weighted by molar-refractivity contribution is 6.31. The molecule has 0 saturated heterocycles. The predicted molar refractivity (Wildman–Crippen MR) is 94.6 cm³/mol. The van der Waals surface area contributed by atoms with Crippen LogP contribution in [-0.2, 0) is 0 Å². The second-order valence-electron chi connectivity index (χ2n) is 5.46. The number of halogens is 1. The maximum atomic E-state index is 11.9. The molecule has 23 heavy (non-hydrogen) atoms. The van der Waals surface area contributed by atoms with Crippen LogP contribution in [0.1, 0.15) is 16.7 Å². The zero-order chi connectivity index (χ0) is 16.8. The average Bonchev–Trinajstić information content (AvgIpc) is 2.50.